The molecule has 0 N–H and O–H groups in total. The van der Waals surface area contributed by atoms with Gasteiger partial charge in [-0.05, 0) is 55.2 Å². The fraction of sp³-hybridized carbons (Fsp3) is 0.320. The highest BCUT2D eigenvalue weighted by atomic mass is 19.1. The Bertz CT molecular complexity index is 1120. The highest BCUT2D eigenvalue weighted by Gasteiger charge is 2.43. The first-order valence-corrected chi connectivity index (χ1v) is 10.8. The minimum absolute atomic E-state index is 0.0136. The van der Waals surface area contributed by atoms with Crippen LogP contribution in [0.2, 0.25) is 0 Å². The number of benzene rings is 1. The Morgan fingerprint density at radius 2 is 1.91 bits per heavy atom. The molecule has 3 aromatic rings. The molecule has 1 aliphatic heterocycles. The molecule has 0 unspecified atom stereocenters. The Kier molecular flexibility index (Phi) is 6.22. The number of piperidine rings is 1. The molecule has 6 nitrogen and oxygen atoms in total. The molecule has 0 spiro atoms. The number of likely N-dealkylation sites (tertiary alicyclic amines) is 1. The molecule has 1 fully saturated rings. The van der Waals surface area contributed by atoms with Gasteiger partial charge in [0.15, 0.2) is 0 Å². The van der Waals surface area contributed by atoms with Crippen LogP contribution in [0.25, 0.3) is 11.4 Å². The van der Waals surface area contributed by atoms with Crippen molar-refractivity contribution in [3.05, 3.63) is 78.1 Å². The number of aromatic nitrogens is 3. The Morgan fingerprint density at radius 3 is 2.53 bits per heavy atom. The van der Waals surface area contributed by atoms with Gasteiger partial charge in [-0.2, -0.15) is 5.26 Å². The van der Waals surface area contributed by atoms with Crippen molar-refractivity contribution in [2.24, 2.45) is 5.41 Å². The van der Waals surface area contributed by atoms with Gasteiger partial charge in [0.05, 0.1) is 22.7 Å². The molecule has 0 radical (unpaired) electrons. The molecule has 1 amide bonds. The van der Waals surface area contributed by atoms with Crippen molar-refractivity contribution in [1.82, 2.24) is 19.9 Å². The lowest BCUT2D eigenvalue weighted by atomic mass is 9.66. The predicted molar refractivity (Wildman–Crippen MR) is 118 cm³/mol. The number of carbonyl (C=O) groups excluding carboxylic acids is 1. The Morgan fingerprint density at radius 1 is 1.16 bits per heavy atom. The lowest BCUT2D eigenvalue weighted by Crippen LogP contribution is -2.45. The zero-order valence-corrected chi connectivity index (χ0v) is 17.9. The van der Waals surface area contributed by atoms with Gasteiger partial charge >= 0.3 is 0 Å². The summed E-state index contributed by atoms with van der Waals surface area (Å²) in [5, 5.41) is 10.1. The van der Waals surface area contributed by atoms with Crippen molar-refractivity contribution in [2.45, 2.75) is 32.1 Å². The van der Waals surface area contributed by atoms with E-state index in [9.17, 15) is 14.4 Å². The summed E-state index contributed by atoms with van der Waals surface area (Å²) in [6.45, 7) is 3.00. The van der Waals surface area contributed by atoms with Gasteiger partial charge in [0.25, 0.3) is 5.91 Å². The van der Waals surface area contributed by atoms with Crippen LogP contribution in [-0.2, 0) is 0 Å². The van der Waals surface area contributed by atoms with Crippen molar-refractivity contribution in [2.75, 3.05) is 13.1 Å². The highest BCUT2D eigenvalue weighted by molar-refractivity contribution is 5.99. The second kappa shape index (κ2) is 9.23. The molecule has 0 saturated carbocycles. The number of carbonyl (C=O) groups is 1. The number of nitriles is 1. The van der Waals surface area contributed by atoms with E-state index in [1.54, 1.807) is 47.6 Å². The molecule has 4 rings (SSSR count). The molecule has 1 saturated heterocycles. The SMILES string of the molecule is CC[C@H](c1ccc(F)cc1)C1(C#N)CCN(C(=O)c2cccnc2-c2ccncn2)CC1. The lowest BCUT2D eigenvalue weighted by Gasteiger charge is -2.42. The van der Waals surface area contributed by atoms with Gasteiger partial charge in [-0.15, -0.1) is 0 Å². The molecule has 7 heteroatoms. The Balaban J connectivity index is 1.55. The number of hydrogen-bond acceptors (Lipinski definition) is 5. The van der Waals surface area contributed by atoms with Crippen LogP contribution >= 0.6 is 0 Å². The zero-order chi connectivity index (χ0) is 22.6. The molecule has 32 heavy (non-hydrogen) atoms. The van der Waals surface area contributed by atoms with Crippen LogP contribution in [0, 0.1) is 22.6 Å². The molecule has 1 aliphatic rings. The van der Waals surface area contributed by atoms with Crippen molar-refractivity contribution in [1.29, 1.82) is 5.26 Å². The number of halogens is 1. The molecular formula is C25H24FN5O. The van der Waals surface area contributed by atoms with Gasteiger partial charge in [-0.25, -0.2) is 14.4 Å². The van der Waals surface area contributed by atoms with Gasteiger partial charge in [-0.1, -0.05) is 19.1 Å². The number of rotatable bonds is 5. The van der Waals surface area contributed by atoms with Gasteiger partial charge < -0.3 is 4.90 Å². The first kappa shape index (κ1) is 21.6. The third-order valence-corrected chi connectivity index (χ3v) is 6.38. The van der Waals surface area contributed by atoms with Gasteiger partial charge in [0.1, 0.15) is 17.8 Å². The summed E-state index contributed by atoms with van der Waals surface area (Å²) in [6.07, 6.45) is 6.59. The zero-order valence-electron chi connectivity index (χ0n) is 17.9. The van der Waals surface area contributed by atoms with Crippen molar-refractivity contribution in [3.63, 3.8) is 0 Å². The van der Waals surface area contributed by atoms with E-state index in [2.05, 4.69) is 21.0 Å². The maximum Gasteiger partial charge on any atom is 0.256 e. The molecule has 2 aromatic heterocycles. The highest BCUT2D eigenvalue weighted by Crippen LogP contribution is 2.46. The van der Waals surface area contributed by atoms with Gasteiger partial charge in [-0.3, -0.25) is 9.78 Å². The molecule has 162 valence electrons. The van der Waals surface area contributed by atoms with Gasteiger partial charge in [0, 0.05) is 31.4 Å². The fourth-order valence-electron chi connectivity index (χ4n) is 4.67. The number of pyridine rings is 1. The van der Waals surface area contributed by atoms with Crippen LogP contribution in [0.5, 0.6) is 0 Å². The Labute approximate surface area is 186 Å². The summed E-state index contributed by atoms with van der Waals surface area (Å²) in [5.74, 6) is -0.417. The van der Waals surface area contributed by atoms with Crippen molar-refractivity contribution < 1.29 is 9.18 Å². The fourth-order valence-corrected chi connectivity index (χ4v) is 4.67. The number of hydrogen-bond donors (Lipinski definition) is 0. The summed E-state index contributed by atoms with van der Waals surface area (Å²) in [6, 6.07) is 14.2. The third kappa shape index (κ3) is 4.09. The maximum atomic E-state index is 13.4. The summed E-state index contributed by atoms with van der Waals surface area (Å²) in [7, 11) is 0. The summed E-state index contributed by atoms with van der Waals surface area (Å²) >= 11 is 0. The second-order valence-electron chi connectivity index (χ2n) is 8.07. The average Bonchev–Trinajstić information content (AvgIpc) is 2.86. The smallest absolute Gasteiger partial charge is 0.256 e. The van der Waals surface area contributed by atoms with Crippen LogP contribution < -0.4 is 0 Å². The second-order valence-corrected chi connectivity index (χ2v) is 8.07. The Hall–Kier alpha value is -3.66. The minimum Gasteiger partial charge on any atom is -0.338 e. The first-order valence-electron chi connectivity index (χ1n) is 10.8. The first-order chi connectivity index (χ1) is 15.6. The lowest BCUT2D eigenvalue weighted by molar-refractivity contribution is 0.0614. The predicted octanol–water partition coefficient (Wildman–Crippen LogP) is 4.62. The molecule has 1 atom stereocenters. The average molecular weight is 429 g/mol. The standard InChI is InChI=1S/C25H24FN5O/c1-2-21(18-5-7-19(26)8-6-18)25(16-27)10-14-31(15-11-25)24(32)20-4-3-12-29-23(20)22-9-13-28-17-30-22/h3-9,12-13,17,21H,2,10-11,14-15H2,1H3/t21-/m1/s1. The number of nitrogens with zero attached hydrogens (tertiary/aromatic N) is 5. The van der Waals surface area contributed by atoms with Crippen LogP contribution in [0.15, 0.2) is 61.2 Å². The quantitative estimate of drug-likeness (QED) is 0.591. The summed E-state index contributed by atoms with van der Waals surface area (Å²) in [4.78, 5) is 27.7. The van der Waals surface area contributed by atoms with Crippen molar-refractivity contribution >= 4 is 5.91 Å². The van der Waals surface area contributed by atoms with Crippen LogP contribution in [0.3, 0.4) is 0 Å². The molecular weight excluding hydrogens is 405 g/mol. The number of amides is 1. The van der Waals surface area contributed by atoms with E-state index >= 15 is 0 Å². The normalized spacial score (nSPS) is 16.2. The van der Waals surface area contributed by atoms with E-state index in [-0.39, 0.29) is 17.6 Å². The van der Waals surface area contributed by atoms with E-state index < -0.39 is 5.41 Å². The van der Waals surface area contributed by atoms with E-state index in [0.717, 1.165) is 12.0 Å². The van der Waals surface area contributed by atoms with E-state index in [1.807, 2.05) is 6.92 Å². The minimum atomic E-state index is -0.590. The van der Waals surface area contributed by atoms with Crippen LogP contribution in [-0.4, -0.2) is 38.8 Å². The third-order valence-electron chi connectivity index (χ3n) is 6.38. The molecule has 3 heterocycles. The van der Waals surface area contributed by atoms with E-state index in [1.165, 1.54) is 18.5 Å². The molecule has 0 bridgehead atoms. The van der Waals surface area contributed by atoms with E-state index in [4.69, 9.17) is 0 Å². The summed E-state index contributed by atoms with van der Waals surface area (Å²) in [5.41, 5.74) is 1.98. The van der Waals surface area contributed by atoms with Crippen LogP contribution in [0.4, 0.5) is 4.39 Å². The maximum absolute atomic E-state index is 13.4. The largest absolute Gasteiger partial charge is 0.338 e. The molecule has 1 aromatic carbocycles. The monoisotopic (exact) mass is 429 g/mol. The topological polar surface area (TPSA) is 82.8 Å². The van der Waals surface area contributed by atoms with Crippen LogP contribution in [0.1, 0.15) is 48.0 Å². The summed E-state index contributed by atoms with van der Waals surface area (Å²) < 4.78 is 13.4. The van der Waals surface area contributed by atoms with Crippen molar-refractivity contribution in [3.8, 4) is 17.5 Å². The van der Waals surface area contributed by atoms with E-state index in [0.29, 0.717) is 42.9 Å². The molecule has 0 aliphatic carbocycles. The van der Waals surface area contributed by atoms with Gasteiger partial charge in [0.2, 0.25) is 0 Å².